The number of carbonyl (C=O) groups is 2. The molecule has 7 nitrogen and oxygen atoms in total. The maximum atomic E-state index is 12.8. The maximum Gasteiger partial charge on any atom is 0.339 e. The molecule has 0 fully saturated rings. The number of esters is 1. The Labute approximate surface area is 167 Å². The number of methoxy groups -OCH3 is 1. The molecular weight excluding hydrogens is 427 g/mol. The largest absolute Gasteiger partial charge is 0.485 e. The Kier molecular flexibility index (Phi) is 8.63. The van der Waals surface area contributed by atoms with Crippen molar-refractivity contribution in [2.75, 3.05) is 20.2 Å². The summed E-state index contributed by atoms with van der Waals surface area (Å²) in [5.41, 5.74) is 9.66. The van der Waals surface area contributed by atoms with Crippen LogP contribution >= 0.6 is 0 Å². The molecule has 0 radical (unpaired) electrons. The van der Waals surface area contributed by atoms with Gasteiger partial charge in [0, 0.05) is 45.3 Å². The van der Waals surface area contributed by atoms with Crippen molar-refractivity contribution < 1.29 is 34.7 Å². The van der Waals surface area contributed by atoms with Crippen LogP contribution in [0.4, 0.5) is 5.69 Å². The minimum absolute atomic E-state index is 0. The molecule has 0 unspecified atom stereocenters. The van der Waals surface area contributed by atoms with E-state index < -0.39 is 5.97 Å². The SMILES string of the molecule is CCCN(CCC)C(=O)C1=Cc2ncc(C(=O)OC)cc2N=C([NH-])C1.[Pd]. The third kappa shape index (κ3) is 5.23. The molecule has 0 saturated heterocycles. The molecule has 0 aromatic carbocycles. The van der Waals surface area contributed by atoms with Crippen LogP contribution < -0.4 is 0 Å². The Hall–Kier alpha value is -2.04. The van der Waals surface area contributed by atoms with Gasteiger partial charge in [-0.1, -0.05) is 19.7 Å². The molecule has 8 heteroatoms. The molecule has 1 aromatic heterocycles. The van der Waals surface area contributed by atoms with Crippen molar-refractivity contribution in [3.63, 3.8) is 0 Å². The van der Waals surface area contributed by atoms with E-state index in [4.69, 9.17) is 5.73 Å². The van der Waals surface area contributed by atoms with E-state index >= 15 is 0 Å². The minimum atomic E-state index is -0.515. The van der Waals surface area contributed by atoms with Crippen molar-refractivity contribution in [2.45, 2.75) is 33.1 Å². The predicted octanol–water partition coefficient (Wildman–Crippen LogP) is 3.38. The molecule has 1 aliphatic heterocycles. The van der Waals surface area contributed by atoms with Crippen LogP contribution in [-0.4, -0.2) is 47.8 Å². The third-order valence-corrected chi connectivity index (χ3v) is 3.79. The van der Waals surface area contributed by atoms with E-state index in [1.54, 1.807) is 11.0 Å². The number of ether oxygens (including phenoxy) is 1. The standard InChI is InChI=1S/C18H24N4O3.Pd/c1-4-6-22(7-5-2)17(23)12-8-14-15(21-16(19)10-12)9-13(11-20-14)18(24)25-3;/h8-9,11H,4-7,10H2,1-3H3,(H2,19,21,23);/p-1. The number of pyridine rings is 1. The number of nitrogens with one attached hydrogen (secondary N) is 1. The molecule has 26 heavy (non-hydrogen) atoms. The molecule has 1 aromatic rings. The van der Waals surface area contributed by atoms with E-state index in [2.05, 4.69) is 14.7 Å². The molecule has 1 amide bonds. The zero-order valence-corrected chi connectivity index (χ0v) is 16.7. The number of hydrogen-bond donors (Lipinski definition) is 0. The van der Waals surface area contributed by atoms with Gasteiger partial charge in [-0.2, -0.15) is 0 Å². The summed E-state index contributed by atoms with van der Waals surface area (Å²) in [5.74, 6) is -0.538. The van der Waals surface area contributed by atoms with Crippen LogP contribution in [0.15, 0.2) is 22.8 Å². The Morgan fingerprint density at radius 1 is 1.27 bits per heavy atom. The molecule has 0 saturated carbocycles. The first-order chi connectivity index (χ1) is 12.0. The van der Waals surface area contributed by atoms with Crippen molar-refractivity contribution in [3.8, 4) is 0 Å². The van der Waals surface area contributed by atoms with Crippen LogP contribution in [0.5, 0.6) is 0 Å². The molecule has 1 aliphatic rings. The van der Waals surface area contributed by atoms with Gasteiger partial charge in [0.1, 0.15) is 0 Å². The maximum absolute atomic E-state index is 12.8. The van der Waals surface area contributed by atoms with Gasteiger partial charge in [0.2, 0.25) is 5.91 Å². The van der Waals surface area contributed by atoms with E-state index in [0.717, 1.165) is 12.8 Å². The summed E-state index contributed by atoms with van der Waals surface area (Å²) >= 11 is 0. The molecule has 0 bridgehead atoms. The Bertz CT molecular complexity index is 725. The van der Waals surface area contributed by atoms with Crippen LogP contribution in [0.1, 0.15) is 49.2 Å². The van der Waals surface area contributed by atoms with Crippen molar-refractivity contribution in [1.29, 1.82) is 0 Å². The van der Waals surface area contributed by atoms with Gasteiger partial charge in [-0.25, -0.2) is 4.79 Å². The Morgan fingerprint density at radius 3 is 2.50 bits per heavy atom. The second-order valence-corrected chi connectivity index (χ2v) is 5.82. The van der Waals surface area contributed by atoms with E-state index in [9.17, 15) is 9.59 Å². The zero-order chi connectivity index (χ0) is 18.4. The first-order valence-electron chi connectivity index (χ1n) is 8.37. The second-order valence-electron chi connectivity index (χ2n) is 5.82. The van der Waals surface area contributed by atoms with Crippen molar-refractivity contribution >= 4 is 29.5 Å². The molecule has 1 N–H and O–H groups in total. The fourth-order valence-corrected chi connectivity index (χ4v) is 2.67. The van der Waals surface area contributed by atoms with Crippen molar-refractivity contribution in [3.05, 3.63) is 34.8 Å². The van der Waals surface area contributed by atoms with Gasteiger partial charge in [0.25, 0.3) is 0 Å². The average molecular weight is 450 g/mol. The number of aliphatic imine (C=N–C) groups is 1. The Balaban J connectivity index is 0.00000338. The van der Waals surface area contributed by atoms with E-state index in [0.29, 0.717) is 30.0 Å². The van der Waals surface area contributed by atoms with Gasteiger partial charge < -0.3 is 20.4 Å². The van der Waals surface area contributed by atoms with Gasteiger partial charge in [0.15, 0.2) is 0 Å². The van der Waals surface area contributed by atoms with E-state index in [1.807, 2.05) is 13.8 Å². The van der Waals surface area contributed by atoms with Crippen molar-refractivity contribution in [2.24, 2.45) is 4.99 Å². The summed E-state index contributed by atoms with van der Waals surface area (Å²) in [6, 6.07) is 1.53. The third-order valence-electron chi connectivity index (χ3n) is 3.79. The normalized spacial score (nSPS) is 12.7. The van der Waals surface area contributed by atoms with Crippen LogP contribution in [0.2, 0.25) is 0 Å². The molecule has 2 heterocycles. The second kappa shape index (κ2) is 10.2. The Morgan fingerprint density at radius 2 is 1.92 bits per heavy atom. The van der Waals surface area contributed by atoms with Crippen LogP contribution in [0, 0.1) is 0 Å². The first-order valence-corrected chi connectivity index (χ1v) is 8.37. The van der Waals surface area contributed by atoms with Crippen LogP contribution in [0.3, 0.4) is 0 Å². The van der Waals surface area contributed by atoms with Gasteiger partial charge >= 0.3 is 5.97 Å². The van der Waals surface area contributed by atoms with Crippen LogP contribution in [0.25, 0.3) is 11.8 Å². The number of carbonyl (C=O) groups excluding carboxylic acids is 2. The molecule has 0 spiro atoms. The molecule has 144 valence electrons. The van der Waals surface area contributed by atoms with Gasteiger partial charge in [-0.3, -0.25) is 9.78 Å². The topological polar surface area (TPSA) is 95.7 Å². The zero-order valence-electron chi connectivity index (χ0n) is 15.2. The van der Waals surface area contributed by atoms with E-state index in [1.165, 1.54) is 19.4 Å². The number of amides is 1. The first kappa shape index (κ1) is 22.0. The monoisotopic (exact) mass is 449 g/mol. The number of aromatic nitrogens is 1. The summed E-state index contributed by atoms with van der Waals surface area (Å²) in [7, 11) is 1.29. The fraction of sp³-hybridized carbons (Fsp3) is 0.444. The van der Waals surface area contributed by atoms with E-state index in [-0.39, 0.29) is 44.1 Å². The molecule has 0 atom stereocenters. The average Bonchev–Trinajstić information content (AvgIpc) is 2.77. The number of rotatable bonds is 6. The van der Waals surface area contributed by atoms with Gasteiger partial charge in [0.05, 0.1) is 18.4 Å². The quantitative estimate of drug-likeness (QED) is 0.491. The van der Waals surface area contributed by atoms with Gasteiger partial charge in [-0.05, 0) is 37.1 Å². The molecular formula is C18H23N4O3Pd-. The molecule has 0 aliphatic carbocycles. The number of fused-ring (bicyclic) bond motifs is 1. The number of hydrogen-bond acceptors (Lipinski definition) is 5. The smallest absolute Gasteiger partial charge is 0.339 e. The minimum Gasteiger partial charge on any atom is -0.485 e. The predicted molar refractivity (Wildman–Crippen MR) is 96.7 cm³/mol. The summed E-state index contributed by atoms with van der Waals surface area (Å²) in [6.45, 7) is 5.41. The van der Waals surface area contributed by atoms with Gasteiger partial charge in [-0.15, -0.1) is 0 Å². The fourth-order valence-electron chi connectivity index (χ4n) is 2.67. The summed E-state index contributed by atoms with van der Waals surface area (Å²) in [5, 5.41) is 0. The number of amidine groups is 1. The molecule has 2 rings (SSSR count). The number of nitrogens with zero attached hydrogens (tertiary/aromatic N) is 3. The van der Waals surface area contributed by atoms with Crippen molar-refractivity contribution in [1.82, 2.24) is 9.88 Å². The van der Waals surface area contributed by atoms with Crippen LogP contribution in [-0.2, 0) is 30.0 Å². The summed E-state index contributed by atoms with van der Waals surface area (Å²) in [6.07, 6.45) is 4.95. The summed E-state index contributed by atoms with van der Waals surface area (Å²) in [4.78, 5) is 34.7. The summed E-state index contributed by atoms with van der Waals surface area (Å²) < 4.78 is 4.68.